The van der Waals surface area contributed by atoms with Gasteiger partial charge in [0, 0.05) is 68.6 Å². The summed E-state index contributed by atoms with van der Waals surface area (Å²) in [6.07, 6.45) is 15.2. The van der Waals surface area contributed by atoms with E-state index in [0.29, 0.717) is 25.3 Å². The number of carbonyl (C=O) groups excluding carboxylic acids is 6. The predicted octanol–water partition coefficient (Wildman–Crippen LogP) is 6.17. The molecule has 0 bridgehead atoms. The Balaban J connectivity index is 0.00000351. The topological polar surface area (TPSA) is 143 Å². The number of hydrogen-bond donors (Lipinski definition) is 1. The molecule has 6 atom stereocenters. The van der Waals surface area contributed by atoms with Crippen LogP contribution in [0.3, 0.4) is 0 Å². The summed E-state index contributed by atoms with van der Waals surface area (Å²) < 4.78 is 0. The number of amides is 2. The molecule has 3 aliphatic carbocycles. The number of nitrogens with zero attached hydrogens (tertiary/aromatic N) is 3. The van der Waals surface area contributed by atoms with Gasteiger partial charge in [-0.2, -0.15) is 0 Å². The van der Waals surface area contributed by atoms with Crippen LogP contribution in [-0.4, -0.2) is 68.4 Å². The first kappa shape index (κ1) is 42.7. The molecule has 0 unspecified atom stereocenters. The fourth-order valence-electron chi connectivity index (χ4n) is 8.72. The van der Waals surface area contributed by atoms with Gasteiger partial charge in [-0.3, -0.25) is 33.8 Å². The van der Waals surface area contributed by atoms with Gasteiger partial charge in [0.1, 0.15) is 11.7 Å². The third-order valence-corrected chi connectivity index (χ3v) is 11.6. The minimum absolute atomic E-state index is 0. The van der Waals surface area contributed by atoms with Crippen molar-refractivity contribution < 1.29 is 47.3 Å². The van der Waals surface area contributed by atoms with Crippen LogP contribution >= 0.6 is 0 Å². The van der Waals surface area contributed by atoms with Crippen molar-refractivity contribution in [3.05, 3.63) is 31.7 Å². The standard InChI is InChI=1S/C39H56N4O6.CH3.V/c1-5-10-26(35(47)33(46)19-24-15-16-24)20-32(45)34-28-14-9-13-27(28)23-43(34)38(49)36(39(2,3)4)42-37(48)29(25-11-7-6-8-12-25)21-31(44)30-22-40-17-18-41-30;;/h17-18,22,24-29,34,36H,5-16,19-21,23H2,1-4H3,(H,42,48);1H3;/q;-1;/t26-,27+,28+,29+,34+,36-;;/m1../s1. The van der Waals surface area contributed by atoms with E-state index < -0.39 is 35.1 Å². The monoisotopic (exact) mass is 742 g/mol. The third kappa shape index (κ3) is 10.7. The molecule has 4 fully saturated rings. The first-order chi connectivity index (χ1) is 23.4. The van der Waals surface area contributed by atoms with Crippen molar-refractivity contribution >= 4 is 34.9 Å². The summed E-state index contributed by atoms with van der Waals surface area (Å²) in [6.45, 7) is 8.11. The van der Waals surface area contributed by atoms with E-state index in [4.69, 9.17) is 0 Å². The number of fused-ring (bicyclic) bond motifs is 1. The molecule has 5 rings (SSSR count). The Morgan fingerprint density at radius 1 is 0.922 bits per heavy atom. The molecule has 1 N–H and O–H groups in total. The van der Waals surface area contributed by atoms with Crippen LogP contribution in [0.2, 0.25) is 0 Å². The Kier molecular flexibility index (Phi) is 15.8. The summed E-state index contributed by atoms with van der Waals surface area (Å²) in [4.78, 5) is 92.3. The summed E-state index contributed by atoms with van der Waals surface area (Å²) in [5.74, 6) is -2.59. The van der Waals surface area contributed by atoms with Crippen molar-refractivity contribution in [1.82, 2.24) is 20.2 Å². The van der Waals surface area contributed by atoms with Crippen molar-refractivity contribution in [3.8, 4) is 0 Å². The number of hydrogen-bond acceptors (Lipinski definition) is 8. The molecular weight excluding hydrogens is 683 g/mol. The molecule has 1 aromatic rings. The molecule has 281 valence electrons. The summed E-state index contributed by atoms with van der Waals surface area (Å²) in [7, 11) is 0. The van der Waals surface area contributed by atoms with Crippen LogP contribution in [0.15, 0.2) is 18.6 Å². The van der Waals surface area contributed by atoms with Crippen molar-refractivity contribution in [2.75, 3.05) is 6.54 Å². The van der Waals surface area contributed by atoms with Gasteiger partial charge in [0.15, 0.2) is 17.3 Å². The summed E-state index contributed by atoms with van der Waals surface area (Å²) in [5, 5.41) is 3.10. The SMILES string of the molecule is CCC[C@H](CC(=O)[C@@H]1[C@H]2CCC[C@H]2CN1C(=O)[C@@H](NC(=O)[C@@H](CC(=O)c1cnccn1)C1CCCCC1)C(C)(C)C)C(=O)C(=O)CC1CC1.[CH3-].[V]. The van der Waals surface area contributed by atoms with Gasteiger partial charge in [-0.1, -0.05) is 59.8 Å². The maximum atomic E-state index is 14.7. The quantitative estimate of drug-likeness (QED) is 0.121. The van der Waals surface area contributed by atoms with Crippen LogP contribution in [0, 0.1) is 48.3 Å². The van der Waals surface area contributed by atoms with Gasteiger partial charge in [-0.25, -0.2) is 4.98 Å². The summed E-state index contributed by atoms with van der Waals surface area (Å²) >= 11 is 0. The second-order valence-electron chi connectivity index (χ2n) is 16.4. The summed E-state index contributed by atoms with van der Waals surface area (Å²) in [5.41, 5.74) is -0.460. The zero-order valence-electron chi connectivity index (χ0n) is 31.4. The number of aromatic nitrogens is 2. The molecule has 0 aromatic carbocycles. The zero-order chi connectivity index (χ0) is 35.3. The van der Waals surface area contributed by atoms with Crippen molar-refractivity contribution in [1.29, 1.82) is 0 Å². The molecule has 4 aliphatic rings. The Morgan fingerprint density at radius 3 is 2.24 bits per heavy atom. The predicted molar refractivity (Wildman–Crippen MR) is 191 cm³/mol. The van der Waals surface area contributed by atoms with Crippen molar-refractivity contribution in [2.45, 2.75) is 136 Å². The van der Waals surface area contributed by atoms with Gasteiger partial charge in [0.25, 0.3) is 0 Å². The fraction of sp³-hybridized carbons (Fsp3) is 0.725. The van der Waals surface area contributed by atoms with Gasteiger partial charge in [-0.05, 0) is 74.0 Å². The zero-order valence-corrected chi connectivity index (χ0v) is 32.8. The van der Waals surface area contributed by atoms with Crippen LogP contribution < -0.4 is 5.32 Å². The van der Waals surface area contributed by atoms with E-state index in [2.05, 4.69) is 15.3 Å². The van der Waals surface area contributed by atoms with E-state index in [0.717, 1.165) is 64.2 Å². The van der Waals surface area contributed by atoms with Crippen LogP contribution in [0.25, 0.3) is 0 Å². The number of carbonyl (C=O) groups is 6. The Labute approximate surface area is 316 Å². The maximum absolute atomic E-state index is 14.7. The number of Topliss-reactive ketones (excluding diaryl/α,β-unsaturated/α-hetero) is 4. The molecule has 2 amide bonds. The minimum Gasteiger partial charge on any atom is -0.358 e. The fourth-order valence-corrected chi connectivity index (χ4v) is 8.72. The Hall–Kier alpha value is -2.72. The smallest absolute Gasteiger partial charge is 0.246 e. The second kappa shape index (κ2) is 18.9. The van der Waals surface area contributed by atoms with Crippen LogP contribution in [-0.2, 0) is 42.5 Å². The maximum Gasteiger partial charge on any atom is 0.246 e. The third-order valence-electron chi connectivity index (χ3n) is 11.6. The molecule has 2 heterocycles. The largest absolute Gasteiger partial charge is 0.358 e. The normalized spacial score (nSPS) is 23.5. The van der Waals surface area contributed by atoms with Crippen molar-refractivity contribution in [2.24, 2.45) is 40.9 Å². The molecular formula is C40H59N4O6V-. The van der Waals surface area contributed by atoms with E-state index >= 15 is 0 Å². The van der Waals surface area contributed by atoms with E-state index in [-0.39, 0.29) is 97.9 Å². The Morgan fingerprint density at radius 2 is 1.63 bits per heavy atom. The number of likely N-dealkylation sites (tertiary alicyclic amines) is 1. The van der Waals surface area contributed by atoms with E-state index in [9.17, 15) is 28.8 Å². The molecule has 1 saturated heterocycles. The Bertz CT molecular complexity index is 1390. The van der Waals surface area contributed by atoms with Gasteiger partial charge < -0.3 is 17.6 Å². The van der Waals surface area contributed by atoms with Gasteiger partial charge >= 0.3 is 0 Å². The molecule has 51 heavy (non-hydrogen) atoms. The number of rotatable bonds is 16. The first-order valence-corrected chi connectivity index (χ1v) is 18.9. The molecule has 10 nitrogen and oxygen atoms in total. The van der Waals surface area contributed by atoms with E-state index in [1.165, 1.54) is 18.6 Å². The average Bonchev–Trinajstić information content (AvgIpc) is 3.65. The van der Waals surface area contributed by atoms with Gasteiger partial charge in [0.05, 0.1) is 12.2 Å². The van der Waals surface area contributed by atoms with E-state index in [1.807, 2.05) is 27.7 Å². The van der Waals surface area contributed by atoms with Crippen LogP contribution in [0.1, 0.15) is 134 Å². The molecule has 1 aliphatic heterocycles. The average molecular weight is 743 g/mol. The van der Waals surface area contributed by atoms with Crippen LogP contribution in [0.5, 0.6) is 0 Å². The minimum atomic E-state index is -0.917. The van der Waals surface area contributed by atoms with Gasteiger partial charge in [0.2, 0.25) is 17.6 Å². The molecule has 11 heteroatoms. The number of ketones is 4. The first-order valence-electron chi connectivity index (χ1n) is 18.9. The van der Waals surface area contributed by atoms with Gasteiger partial charge in [-0.15, -0.1) is 0 Å². The molecule has 1 aromatic heterocycles. The van der Waals surface area contributed by atoms with Crippen LogP contribution in [0.4, 0.5) is 0 Å². The second-order valence-corrected chi connectivity index (χ2v) is 16.4. The molecule has 1 radical (unpaired) electrons. The molecule has 0 spiro atoms. The summed E-state index contributed by atoms with van der Waals surface area (Å²) in [6, 6.07) is -1.60. The van der Waals surface area contributed by atoms with E-state index in [1.54, 1.807) is 4.90 Å². The number of nitrogens with one attached hydrogen (secondary N) is 1. The van der Waals surface area contributed by atoms with Crippen molar-refractivity contribution in [3.63, 3.8) is 0 Å². The molecule has 3 saturated carbocycles.